The van der Waals surface area contributed by atoms with Crippen LogP contribution in [0.2, 0.25) is 0 Å². The molecule has 1 aromatic heterocycles. The summed E-state index contributed by atoms with van der Waals surface area (Å²) in [6.07, 6.45) is 3.40. The summed E-state index contributed by atoms with van der Waals surface area (Å²) in [7, 11) is 0. The molecule has 5 rings (SSSR count). The number of nitrogens with one attached hydrogen (secondary N) is 1. The minimum Gasteiger partial charge on any atom is -0.339 e. The average molecular weight is 417 g/mol. The maximum Gasteiger partial charge on any atom is 0.247 e. The fraction of sp³-hybridized carbons (Fsp3) is 0.280. The van der Waals surface area contributed by atoms with Gasteiger partial charge in [-0.05, 0) is 66.9 Å². The van der Waals surface area contributed by atoms with Gasteiger partial charge in [-0.15, -0.1) is 0 Å². The number of piperidine rings is 1. The number of halogens is 1. The molecule has 2 fully saturated rings. The maximum absolute atomic E-state index is 13.2. The van der Waals surface area contributed by atoms with Crippen molar-refractivity contribution in [2.75, 3.05) is 24.7 Å². The summed E-state index contributed by atoms with van der Waals surface area (Å²) in [4.78, 5) is 21.9. The van der Waals surface area contributed by atoms with E-state index in [2.05, 4.69) is 38.3 Å². The van der Waals surface area contributed by atoms with E-state index in [1.54, 1.807) is 18.3 Å². The van der Waals surface area contributed by atoms with Crippen molar-refractivity contribution in [2.24, 2.45) is 0 Å². The molecule has 6 heteroatoms. The first-order valence-electron chi connectivity index (χ1n) is 10.7. The summed E-state index contributed by atoms with van der Waals surface area (Å²) in [5.74, 6) is -0.110. The molecule has 2 aromatic carbocycles. The molecule has 0 unspecified atom stereocenters. The molecule has 0 saturated carbocycles. The number of rotatable bonds is 4. The fourth-order valence-electron chi connectivity index (χ4n) is 4.72. The second-order valence-electron chi connectivity index (χ2n) is 8.29. The zero-order chi connectivity index (χ0) is 21.3. The van der Waals surface area contributed by atoms with Gasteiger partial charge in [0.1, 0.15) is 11.4 Å². The molecule has 3 aromatic rings. The number of benzene rings is 2. The van der Waals surface area contributed by atoms with Gasteiger partial charge in [0, 0.05) is 37.1 Å². The van der Waals surface area contributed by atoms with Gasteiger partial charge in [0.15, 0.2) is 0 Å². The Hall–Kier alpha value is -3.25. The summed E-state index contributed by atoms with van der Waals surface area (Å²) >= 11 is 0. The molecule has 2 aliphatic rings. The lowest BCUT2D eigenvalue weighted by Crippen LogP contribution is -2.56. The molecular weight excluding hydrogens is 391 g/mol. The van der Waals surface area contributed by atoms with E-state index in [4.69, 9.17) is 0 Å². The van der Waals surface area contributed by atoms with E-state index in [1.807, 2.05) is 24.3 Å². The SMILES string of the molecule is O=C1NCN(c2ccccc2)C12CCN(Cc1ccnc(-c3ccc(F)cc3)c1)CC2. The first kappa shape index (κ1) is 19.7. The van der Waals surface area contributed by atoms with Crippen LogP contribution < -0.4 is 10.2 Å². The molecule has 0 radical (unpaired) electrons. The molecule has 1 amide bonds. The number of pyridine rings is 1. The molecule has 0 atom stereocenters. The first-order chi connectivity index (χ1) is 15.1. The van der Waals surface area contributed by atoms with E-state index in [0.717, 1.165) is 49.4 Å². The number of nitrogens with zero attached hydrogens (tertiary/aromatic N) is 3. The number of hydrogen-bond donors (Lipinski definition) is 1. The number of likely N-dealkylation sites (tertiary alicyclic amines) is 1. The molecule has 2 saturated heterocycles. The summed E-state index contributed by atoms with van der Waals surface area (Å²) in [6, 6.07) is 20.7. The summed E-state index contributed by atoms with van der Waals surface area (Å²) in [6.45, 7) is 3.07. The zero-order valence-electron chi connectivity index (χ0n) is 17.3. The predicted molar refractivity (Wildman–Crippen MR) is 119 cm³/mol. The standard InChI is InChI=1S/C25H25FN4O/c26-21-8-6-20(7-9-21)23-16-19(10-13-27-23)17-29-14-11-25(12-15-29)24(31)28-18-30(25)22-4-2-1-3-5-22/h1-10,13,16H,11-12,14-15,17-18H2,(H,28,31). The third-order valence-corrected chi connectivity index (χ3v) is 6.46. The Kier molecular flexibility index (Phi) is 5.16. The van der Waals surface area contributed by atoms with Crippen LogP contribution in [0, 0.1) is 5.82 Å². The van der Waals surface area contributed by atoms with Gasteiger partial charge in [0.25, 0.3) is 0 Å². The van der Waals surface area contributed by atoms with Gasteiger partial charge in [-0.3, -0.25) is 14.7 Å². The van der Waals surface area contributed by atoms with Crippen LogP contribution in [0.3, 0.4) is 0 Å². The highest BCUT2D eigenvalue weighted by Gasteiger charge is 2.50. The lowest BCUT2D eigenvalue weighted by molar-refractivity contribution is -0.125. The summed E-state index contributed by atoms with van der Waals surface area (Å²) in [5, 5.41) is 3.06. The van der Waals surface area contributed by atoms with Gasteiger partial charge in [-0.2, -0.15) is 0 Å². The largest absolute Gasteiger partial charge is 0.339 e. The Morgan fingerprint density at radius 2 is 1.74 bits per heavy atom. The first-order valence-corrected chi connectivity index (χ1v) is 10.7. The number of amides is 1. The van der Waals surface area contributed by atoms with Crippen LogP contribution in [-0.4, -0.2) is 41.1 Å². The van der Waals surface area contributed by atoms with Crippen molar-refractivity contribution in [2.45, 2.75) is 24.9 Å². The smallest absolute Gasteiger partial charge is 0.247 e. The van der Waals surface area contributed by atoms with Crippen molar-refractivity contribution >= 4 is 11.6 Å². The topological polar surface area (TPSA) is 48.5 Å². The van der Waals surface area contributed by atoms with Crippen LogP contribution in [0.5, 0.6) is 0 Å². The van der Waals surface area contributed by atoms with Gasteiger partial charge >= 0.3 is 0 Å². The van der Waals surface area contributed by atoms with Crippen molar-refractivity contribution in [3.63, 3.8) is 0 Å². The molecule has 0 aliphatic carbocycles. The minimum atomic E-state index is -0.463. The highest BCUT2D eigenvalue weighted by molar-refractivity contribution is 5.93. The lowest BCUT2D eigenvalue weighted by atomic mass is 9.85. The van der Waals surface area contributed by atoms with Crippen molar-refractivity contribution in [3.8, 4) is 11.3 Å². The van der Waals surface area contributed by atoms with Crippen LogP contribution in [0.1, 0.15) is 18.4 Å². The van der Waals surface area contributed by atoms with Gasteiger partial charge in [0.05, 0.1) is 12.4 Å². The highest BCUT2D eigenvalue weighted by Crippen LogP contribution is 2.36. The van der Waals surface area contributed by atoms with Crippen LogP contribution in [-0.2, 0) is 11.3 Å². The van der Waals surface area contributed by atoms with Crippen LogP contribution in [0.25, 0.3) is 11.3 Å². The second kappa shape index (κ2) is 8.12. The number of carbonyl (C=O) groups excluding carboxylic acids is 1. The Bertz CT molecular complexity index is 1060. The second-order valence-corrected chi connectivity index (χ2v) is 8.29. The summed E-state index contributed by atoms with van der Waals surface area (Å²) in [5.41, 5.74) is 3.54. The molecule has 2 aliphatic heterocycles. The molecule has 31 heavy (non-hydrogen) atoms. The number of hydrogen-bond acceptors (Lipinski definition) is 4. The minimum absolute atomic E-state index is 0.138. The quantitative estimate of drug-likeness (QED) is 0.703. The molecule has 5 nitrogen and oxygen atoms in total. The van der Waals surface area contributed by atoms with E-state index in [-0.39, 0.29) is 11.7 Å². The molecule has 0 bridgehead atoms. The van der Waals surface area contributed by atoms with E-state index < -0.39 is 5.54 Å². The summed E-state index contributed by atoms with van der Waals surface area (Å²) < 4.78 is 13.2. The molecule has 1 N–H and O–H groups in total. The van der Waals surface area contributed by atoms with E-state index in [0.29, 0.717) is 6.67 Å². The van der Waals surface area contributed by atoms with Crippen molar-refractivity contribution < 1.29 is 9.18 Å². The molecule has 3 heterocycles. The lowest BCUT2D eigenvalue weighted by Gasteiger charge is -2.43. The third kappa shape index (κ3) is 3.79. The van der Waals surface area contributed by atoms with E-state index in [1.165, 1.54) is 17.7 Å². The number of anilines is 1. The fourth-order valence-corrected chi connectivity index (χ4v) is 4.72. The normalized spacial score (nSPS) is 18.4. The van der Waals surface area contributed by atoms with Gasteiger partial charge < -0.3 is 10.2 Å². The van der Waals surface area contributed by atoms with Gasteiger partial charge in [-0.1, -0.05) is 18.2 Å². The number of carbonyl (C=O) groups is 1. The van der Waals surface area contributed by atoms with E-state index in [9.17, 15) is 9.18 Å². The van der Waals surface area contributed by atoms with Gasteiger partial charge in [0.2, 0.25) is 5.91 Å². The molecular formula is C25H25FN4O. The average Bonchev–Trinajstić information content (AvgIpc) is 3.12. The van der Waals surface area contributed by atoms with Gasteiger partial charge in [-0.25, -0.2) is 4.39 Å². The molecule has 1 spiro atoms. The zero-order valence-corrected chi connectivity index (χ0v) is 17.3. The Balaban J connectivity index is 1.28. The van der Waals surface area contributed by atoms with Crippen molar-refractivity contribution in [1.82, 2.24) is 15.2 Å². The number of aromatic nitrogens is 1. The maximum atomic E-state index is 13.2. The predicted octanol–water partition coefficient (Wildman–Crippen LogP) is 3.82. The highest BCUT2D eigenvalue weighted by atomic mass is 19.1. The Morgan fingerprint density at radius 3 is 2.48 bits per heavy atom. The van der Waals surface area contributed by atoms with Crippen LogP contribution in [0.4, 0.5) is 10.1 Å². The van der Waals surface area contributed by atoms with Crippen molar-refractivity contribution in [3.05, 3.63) is 84.3 Å². The Morgan fingerprint density at radius 1 is 1.00 bits per heavy atom. The van der Waals surface area contributed by atoms with Crippen LogP contribution >= 0.6 is 0 Å². The third-order valence-electron chi connectivity index (χ3n) is 6.46. The van der Waals surface area contributed by atoms with E-state index >= 15 is 0 Å². The monoisotopic (exact) mass is 416 g/mol. The Labute approximate surface area is 181 Å². The number of para-hydroxylation sites is 1. The molecule has 158 valence electrons. The van der Waals surface area contributed by atoms with Crippen LogP contribution in [0.15, 0.2) is 72.9 Å². The van der Waals surface area contributed by atoms with Crippen molar-refractivity contribution in [1.29, 1.82) is 0 Å².